The Morgan fingerprint density at radius 1 is 1.68 bits per heavy atom. The van der Waals surface area contributed by atoms with Gasteiger partial charge in [0.2, 0.25) is 5.95 Å². The minimum absolute atomic E-state index is 0.0239. The molecule has 1 fully saturated rings. The van der Waals surface area contributed by atoms with Crippen LogP contribution in [0.4, 0.5) is 10.3 Å². The molecular formula is C10H12FN5O5P-. The largest absolute Gasteiger partial charge is 0.777 e. The number of halogens is 1. The van der Waals surface area contributed by atoms with E-state index in [1.54, 1.807) is 0 Å². The predicted octanol–water partition coefficient (Wildman–Crippen LogP) is -1.30. The lowest BCUT2D eigenvalue weighted by atomic mass is 10.2. The number of aromatic nitrogens is 4. The molecule has 0 spiro atoms. The van der Waals surface area contributed by atoms with Crippen LogP contribution in [0.25, 0.3) is 11.2 Å². The molecule has 3 rings (SSSR count). The molecule has 120 valence electrons. The molecule has 0 amide bonds. The van der Waals surface area contributed by atoms with E-state index in [9.17, 15) is 18.6 Å². The van der Waals surface area contributed by atoms with E-state index in [0.29, 0.717) is 0 Å². The molecule has 12 heteroatoms. The van der Waals surface area contributed by atoms with Crippen LogP contribution >= 0.6 is 7.60 Å². The highest BCUT2D eigenvalue weighted by atomic mass is 31.2. The average Bonchev–Trinajstić information content (AvgIpc) is 2.95. The second-order valence-corrected chi connectivity index (χ2v) is 6.67. The fourth-order valence-corrected chi connectivity index (χ4v) is 3.13. The summed E-state index contributed by atoms with van der Waals surface area (Å²) in [6.45, 7) is -0.121. The summed E-state index contributed by atoms with van der Waals surface area (Å²) in [5.74, 6) is -1.70. The van der Waals surface area contributed by atoms with Crippen molar-refractivity contribution in [3.63, 3.8) is 0 Å². The number of imidazole rings is 1. The Balaban J connectivity index is 1.88. The summed E-state index contributed by atoms with van der Waals surface area (Å²) in [6, 6.07) is 0. The van der Waals surface area contributed by atoms with Crippen LogP contribution in [0.15, 0.2) is 11.1 Å². The first-order valence-electron chi connectivity index (χ1n) is 6.29. The van der Waals surface area contributed by atoms with Crippen LogP contribution in [-0.4, -0.2) is 42.5 Å². The fourth-order valence-electron chi connectivity index (χ4n) is 2.35. The number of ether oxygens (including phenoxy) is 1. The maximum Gasteiger partial charge on any atom is 0.280 e. The van der Waals surface area contributed by atoms with Gasteiger partial charge in [0, 0.05) is 6.42 Å². The number of fused-ring (bicyclic) bond motifs is 1. The molecule has 0 aromatic carbocycles. The normalized spacial score (nSPS) is 28.0. The zero-order valence-corrected chi connectivity index (χ0v) is 11.9. The van der Waals surface area contributed by atoms with Crippen LogP contribution in [0, 0.1) is 0 Å². The highest BCUT2D eigenvalue weighted by Crippen LogP contribution is 2.45. The quantitative estimate of drug-likeness (QED) is 0.585. The molecule has 1 unspecified atom stereocenters. The van der Waals surface area contributed by atoms with Crippen LogP contribution in [-0.2, 0) is 15.8 Å². The first kappa shape index (κ1) is 15.1. The van der Waals surface area contributed by atoms with Crippen molar-refractivity contribution >= 4 is 24.7 Å². The molecular weight excluding hydrogens is 320 g/mol. The van der Waals surface area contributed by atoms with Crippen molar-refractivity contribution in [2.75, 3.05) is 5.73 Å². The van der Waals surface area contributed by atoms with Gasteiger partial charge in [0.1, 0.15) is 18.1 Å². The highest BCUT2D eigenvalue weighted by molar-refractivity contribution is 7.50. The fraction of sp³-hybridized carbons (Fsp3) is 0.500. The molecule has 0 bridgehead atoms. The molecule has 10 nitrogen and oxygen atoms in total. The van der Waals surface area contributed by atoms with Gasteiger partial charge in [-0.2, -0.15) is 4.98 Å². The standard InChI is InChI=1S/C10H13FN5O5P/c11-4-1-6(22(18,19)20)21-5(4)2-16-3-13-7-8(16)14-10(12)15-9(7)17/h3-6H,1-2H2,(H2,18,19,20)(H3,12,14,15,17)/p-1/t4-,5-,6+/m1/s1. The number of nitrogens with zero attached hydrogens (tertiary/aromatic N) is 3. The molecule has 4 atom stereocenters. The average molecular weight is 332 g/mol. The molecule has 1 aliphatic rings. The molecule has 2 aromatic rings. The third kappa shape index (κ3) is 2.63. The van der Waals surface area contributed by atoms with E-state index in [4.69, 9.17) is 15.4 Å². The summed E-state index contributed by atoms with van der Waals surface area (Å²) >= 11 is 0. The lowest BCUT2D eigenvalue weighted by Gasteiger charge is -2.23. The van der Waals surface area contributed by atoms with Crippen molar-refractivity contribution < 1.29 is 23.5 Å². The maximum absolute atomic E-state index is 13.9. The lowest BCUT2D eigenvalue weighted by molar-refractivity contribution is -0.204. The van der Waals surface area contributed by atoms with Gasteiger partial charge in [-0.15, -0.1) is 0 Å². The molecule has 3 heterocycles. The third-order valence-corrected chi connectivity index (χ3v) is 4.46. The Morgan fingerprint density at radius 3 is 3.05 bits per heavy atom. The van der Waals surface area contributed by atoms with Crippen LogP contribution in [0.1, 0.15) is 6.42 Å². The number of aromatic amines is 1. The minimum atomic E-state index is -4.77. The highest BCUT2D eigenvalue weighted by Gasteiger charge is 2.40. The smallest absolute Gasteiger partial charge is 0.280 e. The van der Waals surface area contributed by atoms with Gasteiger partial charge in [-0.05, 0) is 0 Å². The van der Waals surface area contributed by atoms with E-state index in [1.807, 2.05) is 0 Å². The second-order valence-electron chi connectivity index (χ2n) is 4.97. The Labute approximate surface area is 122 Å². The topological polar surface area (TPSA) is 159 Å². The zero-order valence-electron chi connectivity index (χ0n) is 11.0. The molecule has 4 N–H and O–H groups in total. The molecule has 22 heavy (non-hydrogen) atoms. The molecule has 0 saturated carbocycles. The number of H-pyrrole nitrogens is 1. The van der Waals surface area contributed by atoms with Gasteiger partial charge in [0.05, 0.1) is 12.9 Å². The molecule has 1 saturated heterocycles. The van der Waals surface area contributed by atoms with Crippen molar-refractivity contribution in [1.82, 2.24) is 19.5 Å². The van der Waals surface area contributed by atoms with E-state index >= 15 is 0 Å². The second kappa shape index (κ2) is 5.13. The van der Waals surface area contributed by atoms with E-state index in [2.05, 4.69) is 15.0 Å². The van der Waals surface area contributed by atoms with E-state index in [-0.39, 0.29) is 23.7 Å². The maximum atomic E-state index is 13.9. The summed E-state index contributed by atoms with van der Waals surface area (Å²) in [5.41, 5.74) is 5.06. The van der Waals surface area contributed by atoms with Crippen LogP contribution in [0.5, 0.6) is 0 Å². The summed E-state index contributed by atoms with van der Waals surface area (Å²) in [5, 5.41) is 0. The minimum Gasteiger partial charge on any atom is -0.777 e. The number of rotatable bonds is 3. The van der Waals surface area contributed by atoms with Crippen molar-refractivity contribution in [3.8, 4) is 0 Å². The van der Waals surface area contributed by atoms with E-state index in [0.717, 1.165) is 0 Å². The molecule has 0 aliphatic carbocycles. The lowest BCUT2D eigenvalue weighted by Crippen LogP contribution is -2.24. The van der Waals surface area contributed by atoms with Crippen molar-refractivity contribution in [2.24, 2.45) is 0 Å². The Hall–Kier alpha value is -1.81. The van der Waals surface area contributed by atoms with Crippen LogP contribution in [0.2, 0.25) is 0 Å². The van der Waals surface area contributed by atoms with Gasteiger partial charge in [-0.25, -0.2) is 9.37 Å². The predicted molar refractivity (Wildman–Crippen MR) is 70.6 cm³/mol. The van der Waals surface area contributed by atoms with Gasteiger partial charge in [0.15, 0.2) is 18.8 Å². The van der Waals surface area contributed by atoms with E-state index in [1.165, 1.54) is 10.9 Å². The monoisotopic (exact) mass is 332 g/mol. The van der Waals surface area contributed by atoms with Crippen LogP contribution in [0.3, 0.4) is 0 Å². The van der Waals surface area contributed by atoms with Gasteiger partial charge < -0.3 is 29.4 Å². The Bertz CT molecular complexity index is 816. The third-order valence-electron chi connectivity index (χ3n) is 3.40. The summed E-state index contributed by atoms with van der Waals surface area (Å²) in [6.07, 6.45) is -1.90. The first-order chi connectivity index (χ1) is 10.3. The molecule has 1 aliphatic heterocycles. The SMILES string of the molecule is Nc1nc2c(ncn2C[C@H]2O[C@@H](P(=O)([O-])O)C[C@H]2F)c(=O)[nH]1. The van der Waals surface area contributed by atoms with Gasteiger partial charge in [-0.3, -0.25) is 9.78 Å². The van der Waals surface area contributed by atoms with Gasteiger partial charge in [0.25, 0.3) is 5.56 Å². The number of nitrogen functional groups attached to an aromatic ring is 1. The van der Waals surface area contributed by atoms with Crippen molar-refractivity contribution in [2.45, 2.75) is 31.1 Å². The number of nitrogens with two attached hydrogens (primary N) is 1. The number of alkyl halides is 1. The van der Waals surface area contributed by atoms with E-state index < -0.39 is 37.7 Å². The Morgan fingerprint density at radius 2 is 2.41 bits per heavy atom. The number of anilines is 1. The number of hydrogen-bond donors (Lipinski definition) is 3. The Kier molecular flexibility index (Phi) is 3.52. The summed E-state index contributed by atoms with van der Waals surface area (Å²) < 4.78 is 31.3. The summed E-state index contributed by atoms with van der Waals surface area (Å²) in [4.78, 5) is 41.6. The van der Waals surface area contributed by atoms with Gasteiger partial charge in [-0.1, -0.05) is 0 Å². The summed E-state index contributed by atoms with van der Waals surface area (Å²) in [7, 11) is -4.77. The van der Waals surface area contributed by atoms with Crippen molar-refractivity contribution in [1.29, 1.82) is 0 Å². The number of nitrogens with one attached hydrogen (secondary N) is 1. The molecule has 0 radical (unpaired) electrons. The van der Waals surface area contributed by atoms with Crippen molar-refractivity contribution in [3.05, 3.63) is 16.7 Å². The van der Waals surface area contributed by atoms with Gasteiger partial charge >= 0.3 is 0 Å². The zero-order chi connectivity index (χ0) is 16.1. The molecule has 2 aromatic heterocycles. The first-order valence-corrected chi connectivity index (χ1v) is 7.94. The number of hydrogen-bond acceptors (Lipinski definition) is 7. The van der Waals surface area contributed by atoms with Crippen LogP contribution < -0.4 is 16.2 Å².